The normalized spacial score (nSPS) is 18.7. The zero-order valence-corrected chi connectivity index (χ0v) is 13.1. The minimum atomic E-state index is 0.0682. The van der Waals surface area contributed by atoms with Gasteiger partial charge in [-0.3, -0.25) is 4.79 Å². The third kappa shape index (κ3) is 2.75. The lowest BCUT2D eigenvalue weighted by Crippen LogP contribution is -2.29. The number of aromatic nitrogens is 1. The van der Waals surface area contributed by atoms with E-state index < -0.39 is 0 Å². The lowest BCUT2D eigenvalue weighted by atomic mass is 9.95. The Balaban J connectivity index is 1.95. The number of nitrogens with zero attached hydrogens (tertiary/aromatic N) is 2. The number of fused-ring (bicyclic) bond motifs is 1. The van der Waals surface area contributed by atoms with E-state index in [1.807, 2.05) is 29.2 Å². The molecule has 1 unspecified atom stereocenters. The Morgan fingerprint density at radius 3 is 2.86 bits per heavy atom. The molecule has 1 aromatic heterocycles. The number of carbonyl (C=O) groups is 1. The summed E-state index contributed by atoms with van der Waals surface area (Å²) in [5.74, 6) is 1.27. The van der Waals surface area contributed by atoms with E-state index >= 15 is 0 Å². The van der Waals surface area contributed by atoms with Gasteiger partial charge in [0.05, 0.1) is 11.1 Å². The molecule has 2 heterocycles. The van der Waals surface area contributed by atoms with E-state index in [0.717, 1.165) is 30.4 Å². The van der Waals surface area contributed by atoms with Crippen molar-refractivity contribution in [1.29, 1.82) is 0 Å². The fourth-order valence-electron chi connectivity index (χ4n) is 3.01. The molecule has 3 nitrogen and oxygen atoms in total. The van der Waals surface area contributed by atoms with Gasteiger partial charge in [0.1, 0.15) is 5.15 Å². The van der Waals surface area contributed by atoms with Crippen LogP contribution in [0.5, 0.6) is 0 Å². The highest BCUT2D eigenvalue weighted by Gasteiger charge is 2.29. The third-order valence-electron chi connectivity index (χ3n) is 4.37. The van der Waals surface area contributed by atoms with Crippen LogP contribution in [-0.4, -0.2) is 28.9 Å². The minimum absolute atomic E-state index is 0.0682. The van der Waals surface area contributed by atoms with Crippen LogP contribution < -0.4 is 0 Å². The predicted molar refractivity (Wildman–Crippen MR) is 85.6 cm³/mol. The van der Waals surface area contributed by atoms with E-state index in [1.54, 1.807) is 6.07 Å². The van der Waals surface area contributed by atoms with Gasteiger partial charge in [-0.25, -0.2) is 4.98 Å². The molecule has 2 aromatic rings. The van der Waals surface area contributed by atoms with Crippen molar-refractivity contribution in [2.75, 3.05) is 13.1 Å². The first-order valence-electron chi connectivity index (χ1n) is 7.41. The van der Waals surface area contributed by atoms with Gasteiger partial charge in [0.2, 0.25) is 0 Å². The van der Waals surface area contributed by atoms with Crippen molar-refractivity contribution in [1.82, 2.24) is 9.88 Å². The maximum Gasteiger partial charge on any atom is 0.254 e. The first-order valence-corrected chi connectivity index (χ1v) is 7.78. The number of carbonyl (C=O) groups excluding carboxylic acids is 1. The molecule has 0 aliphatic carbocycles. The molecule has 0 spiro atoms. The highest BCUT2D eigenvalue weighted by molar-refractivity contribution is 6.30. The number of para-hydroxylation sites is 1. The molecule has 110 valence electrons. The molecule has 21 heavy (non-hydrogen) atoms. The van der Waals surface area contributed by atoms with Gasteiger partial charge in [0.15, 0.2) is 0 Å². The minimum Gasteiger partial charge on any atom is -0.338 e. The van der Waals surface area contributed by atoms with E-state index in [4.69, 9.17) is 11.6 Å². The molecule has 0 saturated carbocycles. The molecule has 1 aliphatic heterocycles. The van der Waals surface area contributed by atoms with Crippen LogP contribution in [0.1, 0.15) is 30.6 Å². The maximum absolute atomic E-state index is 12.8. The molecule has 0 radical (unpaired) electrons. The second-order valence-electron chi connectivity index (χ2n) is 6.05. The van der Waals surface area contributed by atoms with Crippen molar-refractivity contribution in [3.8, 4) is 0 Å². The maximum atomic E-state index is 12.8. The number of pyridine rings is 1. The second-order valence-corrected chi connectivity index (χ2v) is 6.44. The summed E-state index contributed by atoms with van der Waals surface area (Å²) in [4.78, 5) is 19.1. The Labute approximate surface area is 129 Å². The van der Waals surface area contributed by atoms with E-state index in [1.165, 1.54) is 0 Å². The second kappa shape index (κ2) is 5.64. The third-order valence-corrected chi connectivity index (χ3v) is 4.56. The summed E-state index contributed by atoms with van der Waals surface area (Å²) >= 11 is 6.07. The molecule has 1 aliphatic rings. The van der Waals surface area contributed by atoms with E-state index in [2.05, 4.69) is 18.8 Å². The standard InChI is InChI=1S/C17H19ClN2O/c1-11(2)12-7-8-20(10-12)17(21)14-9-16(18)19-15-6-4-3-5-13(14)15/h3-6,9,11-12H,7-8,10H2,1-2H3. The van der Waals surface area contributed by atoms with Crippen molar-refractivity contribution < 1.29 is 4.79 Å². The summed E-state index contributed by atoms with van der Waals surface area (Å²) in [6.07, 6.45) is 1.08. The van der Waals surface area contributed by atoms with Crippen LogP contribution in [0, 0.1) is 11.8 Å². The molecule has 1 aromatic carbocycles. The average Bonchev–Trinajstić information content (AvgIpc) is 2.95. The summed E-state index contributed by atoms with van der Waals surface area (Å²) in [7, 11) is 0. The van der Waals surface area contributed by atoms with Gasteiger partial charge in [-0.2, -0.15) is 0 Å². The predicted octanol–water partition coefficient (Wildman–Crippen LogP) is 4.01. The van der Waals surface area contributed by atoms with Crippen molar-refractivity contribution in [2.45, 2.75) is 20.3 Å². The van der Waals surface area contributed by atoms with Crippen molar-refractivity contribution >= 4 is 28.4 Å². The van der Waals surface area contributed by atoms with Crippen molar-refractivity contribution in [2.24, 2.45) is 11.8 Å². The quantitative estimate of drug-likeness (QED) is 0.785. The van der Waals surface area contributed by atoms with Crippen molar-refractivity contribution in [3.05, 3.63) is 41.0 Å². The topological polar surface area (TPSA) is 33.2 Å². The molecular weight excluding hydrogens is 284 g/mol. The lowest BCUT2D eigenvalue weighted by molar-refractivity contribution is 0.0786. The van der Waals surface area contributed by atoms with Gasteiger partial charge < -0.3 is 4.90 Å². The molecule has 3 rings (SSSR count). The van der Waals surface area contributed by atoms with Crippen LogP contribution in [0.25, 0.3) is 10.9 Å². The summed E-state index contributed by atoms with van der Waals surface area (Å²) in [6.45, 7) is 6.11. The first-order chi connectivity index (χ1) is 10.1. The Morgan fingerprint density at radius 2 is 2.14 bits per heavy atom. The Kier molecular flexibility index (Phi) is 3.85. The van der Waals surface area contributed by atoms with Gasteiger partial charge in [-0.15, -0.1) is 0 Å². The van der Waals surface area contributed by atoms with Gasteiger partial charge in [0.25, 0.3) is 5.91 Å². The summed E-state index contributed by atoms with van der Waals surface area (Å²) in [6, 6.07) is 9.34. The summed E-state index contributed by atoms with van der Waals surface area (Å²) in [5, 5.41) is 1.25. The van der Waals surface area contributed by atoms with E-state index in [-0.39, 0.29) is 5.91 Å². The highest BCUT2D eigenvalue weighted by atomic mass is 35.5. The van der Waals surface area contributed by atoms with Gasteiger partial charge >= 0.3 is 0 Å². The smallest absolute Gasteiger partial charge is 0.254 e. The van der Waals surface area contributed by atoms with Crippen molar-refractivity contribution in [3.63, 3.8) is 0 Å². The number of amides is 1. The van der Waals surface area contributed by atoms with Crippen LogP contribution in [0.2, 0.25) is 5.15 Å². The van der Waals surface area contributed by atoms with E-state index in [9.17, 15) is 4.79 Å². The summed E-state index contributed by atoms with van der Waals surface area (Å²) in [5.41, 5.74) is 1.43. The van der Waals surface area contributed by atoms with Gasteiger partial charge in [-0.05, 0) is 30.4 Å². The zero-order chi connectivity index (χ0) is 15.0. The Bertz CT molecular complexity index is 684. The average molecular weight is 303 g/mol. The highest BCUT2D eigenvalue weighted by Crippen LogP contribution is 2.27. The number of halogens is 1. The fraction of sp³-hybridized carbons (Fsp3) is 0.412. The van der Waals surface area contributed by atoms with Crippen LogP contribution in [0.15, 0.2) is 30.3 Å². The molecule has 1 amide bonds. The van der Waals surface area contributed by atoms with Crippen LogP contribution in [0.4, 0.5) is 0 Å². The van der Waals surface area contributed by atoms with Crippen LogP contribution in [-0.2, 0) is 0 Å². The first kappa shape index (κ1) is 14.3. The molecule has 4 heteroatoms. The number of likely N-dealkylation sites (tertiary alicyclic amines) is 1. The molecule has 1 fully saturated rings. The largest absolute Gasteiger partial charge is 0.338 e. The number of benzene rings is 1. The van der Waals surface area contributed by atoms with Gasteiger partial charge in [-0.1, -0.05) is 43.6 Å². The van der Waals surface area contributed by atoms with Crippen LogP contribution in [0.3, 0.4) is 0 Å². The monoisotopic (exact) mass is 302 g/mol. The Hall–Kier alpha value is -1.61. The van der Waals surface area contributed by atoms with Crippen LogP contribution >= 0.6 is 11.6 Å². The number of rotatable bonds is 2. The molecule has 0 bridgehead atoms. The zero-order valence-electron chi connectivity index (χ0n) is 12.3. The van der Waals surface area contributed by atoms with Gasteiger partial charge in [0, 0.05) is 18.5 Å². The molecule has 0 N–H and O–H groups in total. The lowest BCUT2D eigenvalue weighted by Gasteiger charge is -2.19. The molecule has 1 saturated heterocycles. The SMILES string of the molecule is CC(C)C1CCN(C(=O)c2cc(Cl)nc3ccccc23)C1. The van der Waals surface area contributed by atoms with E-state index in [0.29, 0.717) is 22.6 Å². The number of hydrogen-bond acceptors (Lipinski definition) is 2. The molecule has 1 atom stereocenters. The summed E-state index contributed by atoms with van der Waals surface area (Å²) < 4.78 is 0. The Morgan fingerprint density at radius 1 is 1.38 bits per heavy atom. The molecular formula is C17H19ClN2O. The number of hydrogen-bond donors (Lipinski definition) is 0. The fourth-order valence-corrected chi connectivity index (χ4v) is 3.21.